The standard InChI is InChI=1S/C24H22N6O2/c1-15(2)29-23-20(14-26-29)19(13-21(28-23)22-8-5-11-32-22)24(31)27-17-6-4-7-18(12-17)30-16(3)9-10-25-30/h4-15H,1-3H3,(H,27,31). The van der Waals surface area contributed by atoms with Crippen LogP contribution >= 0.6 is 0 Å². The van der Waals surface area contributed by atoms with Gasteiger partial charge in [0.05, 0.1) is 29.1 Å². The lowest BCUT2D eigenvalue weighted by Gasteiger charge is -2.11. The molecule has 0 spiro atoms. The van der Waals surface area contributed by atoms with Crippen LogP contribution in [-0.2, 0) is 0 Å². The van der Waals surface area contributed by atoms with Crippen molar-refractivity contribution in [1.29, 1.82) is 0 Å². The molecule has 5 rings (SSSR count). The molecule has 0 aliphatic rings. The van der Waals surface area contributed by atoms with Gasteiger partial charge in [-0.05, 0) is 63.2 Å². The van der Waals surface area contributed by atoms with Crippen molar-refractivity contribution in [2.75, 3.05) is 5.32 Å². The summed E-state index contributed by atoms with van der Waals surface area (Å²) in [5.41, 5.74) is 4.25. The maximum absolute atomic E-state index is 13.4. The molecule has 1 amide bonds. The van der Waals surface area contributed by atoms with Crippen LogP contribution in [0, 0.1) is 6.92 Å². The van der Waals surface area contributed by atoms with Crippen LogP contribution in [0.3, 0.4) is 0 Å². The van der Waals surface area contributed by atoms with E-state index in [0.29, 0.717) is 33.7 Å². The van der Waals surface area contributed by atoms with Crippen molar-refractivity contribution in [1.82, 2.24) is 24.5 Å². The molecule has 4 heterocycles. The van der Waals surface area contributed by atoms with Crippen molar-refractivity contribution in [2.24, 2.45) is 0 Å². The minimum absolute atomic E-state index is 0.0942. The first-order valence-corrected chi connectivity index (χ1v) is 10.4. The van der Waals surface area contributed by atoms with Gasteiger partial charge in [-0.1, -0.05) is 6.07 Å². The Morgan fingerprint density at radius 2 is 1.97 bits per heavy atom. The van der Waals surface area contributed by atoms with Gasteiger partial charge in [-0.2, -0.15) is 10.2 Å². The number of fused-ring (bicyclic) bond motifs is 1. The highest BCUT2D eigenvalue weighted by molar-refractivity contribution is 6.12. The molecule has 4 aromatic heterocycles. The summed E-state index contributed by atoms with van der Waals surface area (Å²) in [5.74, 6) is 0.344. The average Bonchev–Trinajstić information content (AvgIpc) is 3.53. The van der Waals surface area contributed by atoms with Crippen LogP contribution in [0.15, 0.2) is 71.6 Å². The number of anilines is 1. The average molecular weight is 426 g/mol. The lowest BCUT2D eigenvalue weighted by atomic mass is 10.1. The van der Waals surface area contributed by atoms with Crippen LogP contribution in [0.4, 0.5) is 5.69 Å². The van der Waals surface area contributed by atoms with Gasteiger partial charge in [-0.15, -0.1) is 0 Å². The second-order valence-corrected chi connectivity index (χ2v) is 7.84. The molecule has 0 aliphatic carbocycles. The third-order valence-electron chi connectivity index (χ3n) is 5.25. The molecular formula is C24H22N6O2. The molecule has 160 valence electrons. The highest BCUT2D eigenvalue weighted by atomic mass is 16.3. The third-order valence-corrected chi connectivity index (χ3v) is 5.25. The predicted octanol–water partition coefficient (Wildman–Crippen LogP) is 5.02. The van der Waals surface area contributed by atoms with Crippen molar-refractivity contribution in [2.45, 2.75) is 26.8 Å². The minimum Gasteiger partial charge on any atom is -0.463 e. The van der Waals surface area contributed by atoms with E-state index in [4.69, 9.17) is 9.40 Å². The number of aromatic nitrogens is 5. The van der Waals surface area contributed by atoms with E-state index in [0.717, 1.165) is 11.4 Å². The number of hydrogen-bond donors (Lipinski definition) is 1. The number of carbonyl (C=O) groups excluding carboxylic acids is 1. The molecule has 0 fully saturated rings. The lowest BCUT2D eigenvalue weighted by molar-refractivity contribution is 0.102. The SMILES string of the molecule is Cc1ccnn1-c1cccc(NC(=O)c2cc(-c3ccco3)nc3c2cnn3C(C)C)c1. The molecule has 0 saturated heterocycles. The van der Waals surface area contributed by atoms with E-state index in [-0.39, 0.29) is 11.9 Å². The maximum Gasteiger partial charge on any atom is 0.256 e. The number of amides is 1. The van der Waals surface area contributed by atoms with Gasteiger partial charge in [0.2, 0.25) is 0 Å². The van der Waals surface area contributed by atoms with E-state index in [9.17, 15) is 4.79 Å². The van der Waals surface area contributed by atoms with Gasteiger partial charge in [-0.25, -0.2) is 14.3 Å². The first-order valence-electron chi connectivity index (χ1n) is 10.4. The molecule has 0 saturated carbocycles. The largest absolute Gasteiger partial charge is 0.463 e. The lowest BCUT2D eigenvalue weighted by Crippen LogP contribution is -2.14. The van der Waals surface area contributed by atoms with Crippen molar-refractivity contribution in [3.63, 3.8) is 0 Å². The summed E-state index contributed by atoms with van der Waals surface area (Å²) >= 11 is 0. The Morgan fingerprint density at radius 1 is 1.09 bits per heavy atom. The summed E-state index contributed by atoms with van der Waals surface area (Å²) in [6.07, 6.45) is 5.02. The number of pyridine rings is 1. The molecule has 0 aliphatic heterocycles. The minimum atomic E-state index is -0.247. The summed E-state index contributed by atoms with van der Waals surface area (Å²) in [7, 11) is 0. The van der Waals surface area contributed by atoms with E-state index in [1.165, 1.54) is 0 Å². The van der Waals surface area contributed by atoms with Crippen molar-refractivity contribution in [3.8, 4) is 17.1 Å². The molecule has 0 unspecified atom stereocenters. The highest BCUT2D eigenvalue weighted by Gasteiger charge is 2.19. The van der Waals surface area contributed by atoms with Crippen LogP contribution in [0.2, 0.25) is 0 Å². The predicted molar refractivity (Wildman–Crippen MR) is 122 cm³/mol. The van der Waals surface area contributed by atoms with E-state index in [1.54, 1.807) is 35.5 Å². The molecule has 8 heteroatoms. The first-order chi connectivity index (χ1) is 15.5. The smallest absolute Gasteiger partial charge is 0.256 e. The van der Waals surface area contributed by atoms with Crippen LogP contribution in [-0.4, -0.2) is 30.5 Å². The summed E-state index contributed by atoms with van der Waals surface area (Å²) < 4.78 is 9.16. The van der Waals surface area contributed by atoms with Crippen molar-refractivity contribution >= 4 is 22.6 Å². The molecule has 32 heavy (non-hydrogen) atoms. The van der Waals surface area contributed by atoms with Gasteiger partial charge >= 0.3 is 0 Å². The second-order valence-electron chi connectivity index (χ2n) is 7.84. The number of rotatable bonds is 5. The molecule has 0 radical (unpaired) electrons. The van der Waals surface area contributed by atoms with Gasteiger partial charge in [0.1, 0.15) is 5.69 Å². The van der Waals surface area contributed by atoms with Crippen LogP contribution < -0.4 is 5.32 Å². The molecular weight excluding hydrogens is 404 g/mol. The number of nitrogens with zero attached hydrogens (tertiary/aromatic N) is 5. The van der Waals surface area contributed by atoms with Crippen LogP contribution in [0.5, 0.6) is 0 Å². The Morgan fingerprint density at radius 3 is 2.69 bits per heavy atom. The zero-order chi connectivity index (χ0) is 22.2. The summed E-state index contributed by atoms with van der Waals surface area (Å²) in [5, 5.41) is 12.5. The third kappa shape index (κ3) is 3.45. The summed E-state index contributed by atoms with van der Waals surface area (Å²) in [6.45, 7) is 6.03. The zero-order valence-electron chi connectivity index (χ0n) is 18.0. The molecule has 1 aromatic carbocycles. The summed E-state index contributed by atoms with van der Waals surface area (Å²) in [6, 6.07) is 15.0. The Labute approximate surface area is 184 Å². The van der Waals surface area contributed by atoms with Gasteiger partial charge < -0.3 is 9.73 Å². The summed E-state index contributed by atoms with van der Waals surface area (Å²) in [4.78, 5) is 18.1. The van der Waals surface area contributed by atoms with Crippen LogP contribution in [0.1, 0.15) is 35.9 Å². The number of furan rings is 1. The topological polar surface area (TPSA) is 90.8 Å². The van der Waals surface area contributed by atoms with E-state index >= 15 is 0 Å². The van der Waals surface area contributed by atoms with Crippen molar-refractivity contribution in [3.05, 3.63) is 78.4 Å². The van der Waals surface area contributed by atoms with Crippen molar-refractivity contribution < 1.29 is 9.21 Å². The van der Waals surface area contributed by atoms with E-state index < -0.39 is 0 Å². The normalized spacial score (nSPS) is 11.4. The quantitative estimate of drug-likeness (QED) is 0.426. The first kappa shape index (κ1) is 19.7. The number of carbonyl (C=O) groups is 1. The fraction of sp³-hybridized carbons (Fsp3) is 0.167. The Hall–Kier alpha value is -4.20. The fourth-order valence-corrected chi connectivity index (χ4v) is 3.69. The molecule has 0 bridgehead atoms. The number of hydrogen-bond acceptors (Lipinski definition) is 5. The Balaban J connectivity index is 1.56. The Kier molecular flexibility index (Phi) is 4.82. The van der Waals surface area contributed by atoms with Gasteiger partial charge in [-0.3, -0.25) is 4.79 Å². The molecule has 8 nitrogen and oxygen atoms in total. The molecule has 5 aromatic rings. The monoisotopic (exact) mass is 426 g/mol. The number of benzene rings is 1. The van der Waals surface area contributed by atoms with Gasteiger partial charge in [0, 0.05) is 23.6 Å². The molecule has 0 atom stereocenters. The van der Waals surface area contributed by atoms with Gasteiger partial charge in [0.25, 0.3) is 5.91 Å². The second kappa shape index (κ2) is 7.81. The highest BCUT2D eigenvalue weighted by Crippen LogP contribution is 2.27. The molecule has 1 N–H and O–H groups in total. The maximum atomic E-state index is 13.4. The fourth-order valence-electron chi connectivity index (χ4n) is 3.69. The van der Waals surface area contributed by atoms with Crippen LogP contribution in [0.25, 0.3) is 28.2 Å². The zero-order valence-corrected chi connectivity index (χ0v) is 18.0. The number of aryl methyl sites for hydroxylation is 1. The van der Waals surface area contributed by atoms with Gasteiger partial charge in [0.15, 0.2) is 11.4 Å². The van der Waals surface area contributed by atoms with E-state index in [2.05, 4.69) is 15.5 Å². The Bertz CT molecular complexity index is 1410. The number of nitrogens with one attached hydrogen (secondary N) is 1. The van der Waals surface area contributed by atoms with E-state index in [1.807, 2.05) is 61.9 Å².